The van der Waals surface area contributed by atoms with Crippen LogP contribution in [-0.2, 0) is 0 Å². The first-order valence-corrected chi connectivity index (χ1v) is 17.5. The van der Waals surface area contributed by atoms with E-state index < -0.39 is 0 Å². The number of para-hydroxylation sites is 3. The smallest absolute Gasteiger partial charge is 0.0628 e. The van der Waals surface area contributed by atoms with Gasteiger partial charge in [-0.15, -0.1) is 0 Å². The fraction of sp³-hybridized carbons (Fsp3) is 0. The van der Waals surface area contributed by atoms with Gasteiger partial charge >= 0.3 is 0 Å². The van der Waals surface area contributed by atoms with Crippen LogP contribution >= 0.6 is 0 Å². The Kier molecular flexibility index (Phi) is 4.41. The van der Waals surface area contributed by atoms with E-state index in [4.69, 9.17) is 0 Å². The molecule has 2 nitrogen and oxygen atoms in total. The highest BCUT2D eigenvalue weighted by molar-refractivity contribution is 6.39. The summed E-state index contributed by atoms with van der Waals surface area (Å²) in [4.78, 5) is 0. The first-order chi connectivity index (χ1) is 24.9. The molecule has 0 saturated heterocycles. The lowest BCUT2D eigenvalue weighted by Gasteiger charge is -2.23. The van der Waals surface area contributed by atoms with E-state index in [-0.39, 0.29) is 0 Å². The van der Waals surface area contributed by atoms with Crippen LogP contribution in [-0.4, -0.2) is 8.80 Å². The van der Waals surface area contributed by atoms with Crippen molar-refractivity contribution in [2.45, 2.75) is 0 Å². The van der Waals surface area contributed by atoms with Gasteiger partial charge in [-0.05, 0) is 63.2 Å². The van der Waals surface area contributed by atoms with Gasteiger partial charge in [-0.1, -0.05) is 133 Å². The van der Waals surface area contributed by atoms with E-state index >= 15 is 0 Å². The molecule has 4 heterocycles. The third-order valence-electron chi connectivity index (χ3n) is 11.7. The van der Waals surface area contributed by atoms with E-state index in [1.165, 1.54) is 121 Å². The molecular formula is C48H26N2. The highest BCUT2D eigenvalue weighted by Gasteiger charge is 2.29. The minimum absolute atomic E-state index is 1.26. The van der Waals surface area contributed by atoms with E-state index in [1.807, 2.05) is 0 Å². The SMILES string of the molecule is c1ccc2c(c1)-c1ccccc1-c1ccc3c(c1-c1ccccc1-2)c1cc2c(c4cccc5c6ccccc6n2c54)c2c4ccccc4n3c12. The Bertz CT molecular complexity index is 3420. The lowest BCUT2D eigenvalue weighted by molar-refractivity contribution is 1.37. The maximum absolute atomic E-state index is 2.56. The second-order valence-electron chi connectivity index (χ2n) is 14.0. The number of hydrogen-bond acceptors (Lipinski definition) is 0. The minimum atomic E-state index is 1.26. The van der Waals surface area contributed by atoms with Gasteiger partial charge in [0, 0.05) is 48.7 Å². The molecule has 50 heavy (non-hydrogen) atoms. The average molecular weight is 631 g/mol. The molecule has 0 unspecified atom stereocenters. The molecule has 13 rings (SSSR count). The number of hydrogen-bond donors (Lipinski definition) is 0. The van der Waals surface area contributed by atoms with E-state index in [0.29, 0.717) is 0 Å². The molecular weight excluding hydrogens is 605 g/mol. The molecule has 8 aromatic carbocycles. The lowest BCUT2D eigenvalue weighted by atomic mass is 9.79. The van der Waals surface area contributed by atoms with Gasteiger partial charge in [-0.2, -0.15) is 0 Å². The Morgan fingerprint density at radius 2 is 0.780 bits per heavy atom. The Balaban J connectivity index is 1.34. The topological polar surface area (TPSA) is 8.82 Å². The van der Waals surface area contributed by atoms with Crippen LogP contribution in [0.1, 0.15) is 0 Å². The first-order valence-electron chi connectivity index (χ1n) is 17.5. The zero-order valence-corrected chi connectivity index (χ0v) is 26.9. The van der Waals surface area contributed by atoms with Gasteiger partial charge in [0.25, 0.3) is 0 Å². The Labute approximate surface area is 286 Å². The standard InChI is InChI=1S/C48H26N2/c1-2-13-28-27(12-1)29-14-3-4-16-31(29)34-24-25-41-45(43(34)33-18-6-5-15-30(28)33)38-26-42-44(46-36-19-8-10-23-40(36)49(41)48(38)46)37-21-11-20-35-32-17-7-9-22-39(32)50(42)47(35)37/h1-26H. The summed E-state index contributed by atoms with van der Waals surface area (Å²) < 4.78 is 5.10. The molecule has 0 radical (unpaired) electrons. The summed E-state index contributed by atoms with van der Waals surface area (Å²) in [6.07, 6.45) is 0. The fourth-order valence-electron chi connectivity index (χ4n) is 9.91. The van der Waals surface area contributed by atoms with Crippen molar-refractivity contribution in [2.75, 3.05) is 0 Å². The molecule has 2 heteroatoms. The largest absolute Gasteiger partial charge is 0.308 e. The van der Waals surface area contributed by atoms with Crippen LogP contribution in [0, 0.1) is 0 Å². The second-order valence-corrected chi connectivity index (χ2v) is 14.0. The molecule has 0 aliphatic heterocycles. The fourth-order valence-corrected chi connectivity index (χ4v) is 9.91. The predicted octanol–water partition coefficient (Wildman–Crippen LogP) is 13.0. The first kappa shape index (κ1) is 25.4. The molecule has 0 saturated carbocycles. The molecule has 0 amide bonds. The highest BCUT2D eigenvalue weighted by Crippen LogP contribution is 2.54. The molecule has 0 atom stereocenters. The summed E-state index contributed by atoms with van der Waals surface area (Å²) in [5.74, 6) is 0. The molecule has 1 aliphatic carbocycles. The minimum Gasteiger partial charge on any atom is -0.308 e. The third kappa shape index (κ3) is 2.79. The van der Waals surface area contributed by atoms with Crippen LogP contribution in [0.3, 0.4) is 0 Å². The summed E-state index contributed by atoms with van der Waals surface area (Å²) in [6, 6.07) is 59.0. The van der Waals surface area contributed by atoms with Crippen molar-refractivity contribution >= 4 is 76.2 Å². The van der Waals surface area contributed by atoms with Gasteiger partial charge in [0.05, 0.1) is 33.1 Å². The van der Waals surface area contributed by atoms with Crippen molar-refractivity contribution in [1.29, 1.82) is 0 Å². The van der Waals surface area contributed by atoms with Crippen molar-refractivity contribution in [2.24, 2.45) is 0 Å². The van der Waals surface area contributed by atoms with Crippen LogP contribution in [0.15, 0.2) is 158 Å². The van der Waals surface area contributed by atoms with Gasteiger partial charge in [-0.3, -0.25) is 0 Å². The average Bonchev–Trinajstić information content (AvgIpc) is 3.90. The number of fused-ring (bicyclic) bond motifs is 22. The van der Waals surface area contributed by atoms with Crippen LogP contribution in [0.4, 0.5) is 0 Å². The maximum Gasteiger partial charge on any atom is 0.0628 e. The highest BCUT2D eigenvalue weighted by atomic mass is 14.9. The van der Waals surface area contributed by atoms with Crippen molar-refractivity contribution in [1.82, 2.24) is 8.80 Å². The Hall–Kier alpha value is -6.64. The van der Waals surface area contributed by atoms with Gasteiger partial charge in [0.2, 0.25) is 0 Å². The molecule has 0 N–H and O–H groups in total. The van der Waals surface area contributed by atoms with E-state index in [0.717, 1.165) is 0 Å². The molecule has 0 spiro atoms. The van der Waals surface area contributed by atoms with Crippen LogP contribution < -0.4 is 0 Å². The van der Waals surface area contributed by atoms with Crippen LogP contribution in [0.5, 0.6) is 0 Å². The normalized spacial score (nSPS) is 12.8. The third-order valence-corrected chi connectivity index (χ3v) is 11.7. The zero-order chi connectivity index (χ0) is 32.2. The lowest BCUT2D eigenvalue weighted by Crippen LogP contribution is -1.97. The van der Waals surface area contributed by atoms with E-state index in [9.17, 15) is 0 Å². The number of rotatable bonds is 0. The van der Waals surface area contributed by atoms with Crippen molar-refractivity contribution in [3.8, 4) is 44.5 Å². The molecule has 0 bridgehead atoms. The van der Waals surface area contributed by atoms with Crippen molar-refractivity contribution in [3.05, 3.63) is 158 Å². The predicted molar refractivity (Wildman–Crippen MR) is 211 cm³/mol. The number of nitrogens with zero attached hydrogens (tertiary/aromatic N) is 2. The van der Waals surface area contributed by atoms with Crippen molar-refractivity contribution < 1.29 is 0 Å². The van der Waals surface area contributed by atoms with Gasteiger partial charge in [-0.25, -0.2) is 0 Å². The van der Waals surface area contributed by atoms with E-state index in [1.54, 1.807) is 0 Å². The molecule has 0 fully saturated rings. The van der Waals surface area contributed by atoms with Gasteiger partial charge < -0.3 is 8.80 Å². The van der Waals surface area contributed by atoms with Crippen LogP contribution in [0.25, 0.3) is 121 Å². The quantitative estimate of drug-likeness (QED) is 0.158. The summed E-state index contributed by atoms with van der Waals surface area (Å²) in [6.45, 7) is 0. The van der Waals surface area contributed by atoms with Gasteiger partial charge in [0.1, 0.15) is 0 Å². The molecule has 228 valence electrons. The van der Waals surface area contributed by atoms with Crippen molar-refractivity contribution in [3.63, 3.8) is 0 Å². The molecule has 4 aromatic heterocycles. The Morgan fingerprint density at radius 1 is 0.260 bits per heavy atom. The monoisotopic (exact) mass is 630 g/mol. The summed E-state index contributed by atoms with van der Waals surface area (Å²) in [5, 5.41) is 10.6. The number of aromatic nitrogens is 2. The zero-order valence-electron chi connectivity index (χ0n) is 26.9. The van der Waals surface area contributed by atoms with Crippen LogP contribution in [0.2, 0.25) is 0 Å². The molecule has 12 aromatic rings. The summed E-state index contributed by atoms with van der Waals surface area (Å²) in [5.41, 5.74) is 17.9. The van der Waals surface area contributed by atoms with Gasteiger partial charge in [0.15, 0.2) is 0 Å². The second kappa shape index (κ2) is 8.68. The summed E-state index contributed by atoms with van der Waals surface area (Å²) in [7, 11) is 0. The maximum atomic E-state index is 2.56. The Morgan fingerprint density at radius 3 is 1.50 bits per heavy atom. The van der Waals surface area contributed by atoms with E-state index in [2.05, 4.69) is 167 Å². The molecule has 1 aliphatic rings. The summed E-state index contributed by atoms with van der Waals surface area (Å²) >= 11 is 0. The number of benzene rings is 8.